The molecular weight excluding hydrogens is 292 g/mol. The van der Waals surface area contributed by atoms with Gasteiger partial charge in [0.2, 0.25) is 5.91 Å². The fourth-order valence-electron chi connectivity index (χ4n) is 2.93. The molecule has 2 aromatic carbocycles. The van der Waals surface area contributed by atoms with E-state index in [1.807, 2.05) is 37.2 Å². The second-order valence-corrected chi connectivity index (χ2v) is 6.86. The van der Waals surface area contributed by atoms with Gasteiger partial charge >= 0.3 is 0 Å². The highest BCUT2D eigenvalue weighted by Crippen LogP contribution is 2.45. The van der Waals surface area contributed by atoms with Crippen LogP contribution in [0.5, 0.6) is 0 Å². The van der Waals surface area contributed by atoms with Crippen LogP contribution >= 0.6 is 11.8 Å². The summed E-state index contributed by atoms with van der Waals surface area (Å²) in [7, 11) is 4.09. The zero-order valence-corrected chi connectivity index (χ0v) is 13.9. The van der Waals surface area contributed by atoms with E-state index >= 15 is 0 Å². The van der Waals surface area contributed by atoms with E-state index < -0.39 is 0 Å². The smallest absolute Gasteiger partial charge is 0.224 e. The van der Waals surface area contributed by atoms with E-state index in [1.165, 1.54) is 10.5 Å². The standard InChI is InChI=1S/C18H20N2OS/c1-13(21)20-15-9-5-7-11-18(15)22-17-10-6-4-8-14(17)16(20)12-19(2)3/h4-11,16H,12H2,1-3H3. The van der Waals surface area contributed by atoms with Gasteiger partial charge in [-0.2, -0.15) is 0 Å². The number of para-hydroxylation sites is 1. The van der Waals surface area contributed by atoms with Gasteiger partial charge in [0, 0.05) is 23.3 Å². The first-order valence-corrected chi connectivity index (χ1v) is 8.20. The topological polar surface area (TPSA) is 23.6 Å². The number of anilines is 1. The van der Waals surface area contributed by atoms with E-state index in [1.54, 1.807) is 18.7 Å². The molecule has 0 aliphatic carbocycles. The highest BCUT2D eigenvalue weighted by molar-refractivity contribution is 7.99. The molecule has 1 aliphatic rings. The first-order chi connectivity index (χ1) is 10.6. The van der Waals surface area contributed by atoms with Crippen LogP contribution in [-0.4, -0.2) is 31.4 Å². The molecule has 0 fully saturated rings. The fourth-order valence-corrected chi connectivity index (χ4v) is 4.05. The largest absolute Gasteiger partial charge is 0.307 e. The normalized spacial score (nSPS) is 16.9. The Balaban J connectivity index is 2.22. The first-order valence-electron chi connectivity index (χ1n) is 7.38. The van der Waals surface area contributed by atoms with Crippen molar-refractivity contribution in [3.05, 3.63) is 54.1 Å². The van der Waals surface area contributed by atoms with Gasteiger partial charge in [0.05, 0.1) is 11.7 Å². The molecule has 0 radical (unpaired) electrons. The Labute approximate surface area is 135 Å². The number of amides is 1. The van der Waals surface area contributed by atoms with Crippen LogP contribution in [0.15, 0.2) is 58.3 Å². The molecule has 2 aromatic rings. The summed E-state index contributed by atoms with van der Waals surface area (Å²) in [6.07, 6.45) is 0. The molecule has 114 valence electrons. The molecule has 1 amide bonds. The quantitative estimate of drug-likeness (QED) is 0.842. The zero-order valence-electron chi connectivity index (χ0n) is 13.1. The molecule has 3 rings (SSSR count). The number of benzene rings is 2. The van der Waals surface area contributed by atoms with Crippen molar-refractivity contribution in [3.63, 3.8) is 0 Å². The minimum atomic E-state index is 0.0276. The fraction of sp³-hybridized carbons (Fsp3) is 0.278. The predicted molar refractivity (Wildman–Crippen MR) is 91.5 cm³/mol. The van der Waals surface area contributed by atoms with Crippen molar-refractivity contribution in [1.29, 1.82) is 0 Å². The van der Waals surface area contributed by atoms with Crippen molar-refractivity contribution in [2.24, 2.45) is 0 Å². The van der Waals surface area contributed by atoms with Gasteiger partial charge in [0.25, 0.3) is 0 Å². The van der Waals surface area contributed by atoms with Gasteiger partial charge in [0.1, 0.15) is 0 Å². The van der Waals surface area contributed by atoms with E-state index in [4.69, 9.17) is 0 Å². The second-order valence-electron chi connectivity index (χ2n) is 5.77. The van der Waals surface area contributed by atoms with Crippen LogP contribution in [0.2, 0.25) is 0 Å². The lowest BCUT2D eigenvalue weighted by Crippen LogP contribution is -2.38. The monoisotopic (exact) mass is 312 g/mol. The van der Waals surface area contributed by atoms with Gasteiger partial charge in [-0.05, 0) is 37.9 Å². The summed E-state index contributed by atoms with van der Waals surface area (Å²) in [4.78, 5) is 18.8. The summed E-state index contributed by atoms with van der Waals surface area (Å²) in [5, 5.41) is 0. The highest BCUT2D eigenvalue weighted by Gasteiger charge is 2.31. The molecule has 1 atom stereocenters. The number of carbonyl (C=O) groups is 1. The van der Waals surface area contributed by atoms with Crippen LogP contribution < -0.4 is 4.90 Å². The van der Waals surface area contributed by atoms with Crippen molar-refractivity contribution < 1.29 is 4.79 Å². The van der Waals surface area contributed by atoms with Gasteiger partial charge in [-0.1, -0.05) is 42.1 Å². The molecule has 0 aromatic heterocycles. The summed E-state index contributed by atoms with van der Waals surface area (Å²) >= 11 is 1.74. The summed E-state index contributed by atoms with van der Waals surface area (Å²) in [5.74, 6) is 0.0802. The molecule has 4 heteroatoms. The summed E-state index contributed by atoms with van der Waals surface area (Å²) < 4.78 is 0. The molecule has 0 bridgehead atoms. The minimum absolute atomic E-state index is 0.0276. The SMILES string of the molecule is CC(=O)N1c2ccccc2Sc2ccccc2C1CN(C)C. The Kier molecular flexibility index (Phi) is 4.23. The maximum atomic E-state index is 12.4. The lowest BCUT2D eigenvalue weighted by Gasteiger charge is -2.32. The number of fused-ring (bicyclic) bond motifs is 2. The van der Waals surface area contributed by atoms with Crippen LogP contribution in [-0.2, 0) is 4.79 Å². The molecule has 3 nitrogen and oxygen atoms in total. The minimum Gasteiger partial charge on any atom is -0.307 e. The Morgan fingerprint density at radius 3 is 2.41 bits per heavy atom. The number of hydrogen-bond acceptors (Lipinski definition) is 3. The maximum Gasteiger partial charge on any atom is 0.224 e. The molecule has 1 unspecified atom stereocenters. The van der Waals surface area contributed by atoms with Crippen molar-refractivity contribution in [2.75, 3.05) is 25.5 Å². The van der Waals surface area contributed by atoms with Crippen LogP contribution in [0.3, 0.4) is 0 Å². The number of likely N-dealkylation sites (N-methyl/N-ethyl adjacent to an activating group) is 1. The first kappa shape index (κ1) is 15.1. The average Bonchev–Trinajstić information content (AvgIpc) is 2.61. The Morgan fingerprint density at radius 1 is 1.09 bits per heavy atom. The molecule has 0 spiro atoms. The lowest BCUT2D eigenvalue weighted by atomic mass is 10.0. The van der Waals surface area contributed by atoms with Crippen molar-refractivity contribution in [3.8, 4) is 0 Å². The summed E-state index contributed by atoms with van der Waals surface area (Å²) in [5.41, 5.74) is 2.22. The van der Waals surface area contributed by atoms with Crippen LogP contribution in [0.4, 0.5) is 5.69 Å². The van der Waals surface area contributed by atoms with E-state index in [9.17, 15) is 4.79 Å². The zero-order chi connectivity index (χ0) is 15.7. The Bertz CT molecular complexity index is 699. The predicted octanol–water partition coefficient (Wildman–Crippen LogP) is 3.81. The van der Waals surface area contributed by atoms with Crippen molar-refractivity contribution in [1.82, 2.24) is 4.90 Å². The van der Waals surface area contributed by atoms with E-state index in [0.717, 1.165) is 17.1 Å². The molecular formula is C18H20N2OS. The molecule has 1 aliphatic heterocycles. The molecule has 22 heavy (non-hydrogen) atoms. The highest BCUT2D eigenvalue weighted by atomic mass is 32.2. The number of rotatable bonds is 2. The third kappa shape index (κ3) is 2.76. The number of carbonyl (C=O) groups excluding carboxylic acids is 1. The molecule has 0 saturated carbocycles. The summed E-state index contributed by atoms with van der Waals surface area (Å²) in [6.45, 7) is 2.45. The van der Waals surface area contributed by atoms with Gasteiger partial charge in [-0.15, -0.1) is 0 Å². The third-order valence-corrected chi connectivity index (χ3v) is 4.97. The van der Waals surface area contributed by atoms with Gasteiger partial charge in [0.15, 0.2) is 0 Å². The molecule has 1 heterocycles. The van der Waals surface area contributed by atoms with E-state index in [0.29, 0.717) is 0 Å². The summed E-state index contributed by atoms with van der Waals surface area (Å²) in [6, 6.07) is 16.6. The molecule has 0 N–H and O–H groups in total. The average molecular weight is 312 g/mol. The number of nitrogens with zero attached hydrogens (tertiary/aromatic N) is 2. The Hall–Kier alpha value is -1.78. The van der Waals surface area contributed by atoms with Crippen molar-refractivity contribution in [2.45, 2.75) is 22.8 Å². The number of hydrogen-bond donors (Lipinski definition) is 0. The van der Waals surface area contributed by atoms with Gasteiger partial charge in [-0.25, -0.2) is 0 Å². The second kappa shape index (κ2) is 6.15. The van der Waals surface area contributed by atoms with Gasteiger partial charge in [-0.3, -0.25) is 4.79 Å². The lowest BCUT2D eigenvalue weighted by molar-refractivity contribution is -0.117. The van der Waals surface area contributed by atoms with Gasteiger partial charge < -0.3 is 9.80 Å². The van der Waals surface area contributed by atoms with E-state index in [2.05, 4.69) is 35.2 Å². The maximum absolute atomic E-state index is 12.4. The van der Waals surface area contributed by atoms with E-state index in [-0.39, 0.29) is 11.9 Å². The molecule has 0 saturated heterocycles. The van der Waals surface area contributed by atoms with Crippen LogP contribution in [0.1, 0.15) is 18.5 Å². The van der Waals surface area contributed by atoms with Crippen LogP contribution in [0, 0.1) is 0 Å². The third-order valence-electron chi connectivity index (χ3n) is 3.81. The van der Waals surface area contributed by atoms with Crippen LogP contribution in [0.25, 0.3) is 0 Å². The van der Waals surface area contributed by atoms with Crippen molar-refractivity contribution >= 4 is 23.4 Å². The Morgan fingerprint density at radius 2 is 1.73 bits per heavy atom.